The number of amides is 4. The fraction of sp³-hybridized carbons (Fsp3) is 0.700. The topological polar surface area (TPSA) is 257 Å². The first-order valence-corrected chi connectivity index (χ1v) is 10.9. The van der Waals surface area contributed by atoms with Crippen LogP contribution in [0.25, 0.3) is 0 Å². The highest BCUT2D eigenvalue weighted by Crippen LogP contribution is 2.06. The Morgan fingerprint density at radius 1 is 0.794 bits per heavy atom. The van der Waals surface area contributed by atoms with E-state index in [9.17, 15) is 33.9 Å². The van der Waals surface area contributed by atoms with Gasteiger partial charge in [0, 0.05) is 6.42 Å². The van der Waals surface area contributed by atoms with Gasteiger partial charge in [0.25, 0.3) is 0 Å². The minimum Gasteiger partial charge on any atom is -0.481 e. The van der Waals surface area contributed by atoms with Crippen LogP contribution in [0, 0.1) is 5.92 Å². The second-order valence-corrected chi connectivity index (χ2v) is 8.18. The van der Waals surface area contributed by atoms with Crippen molar-refractivity contribution in [3.63, 3.8) is 0 Å². The molecule has 0 radical (unpaired) electrons. The zero-order chi connectivity index (χ0) is 26.4. The predicted octanol–water partition coefficient (Wildman–Crippen LogP) is -2.62. The van der Waals surface area contributed by atoms with Crippen LogP contribution in [-0.2, 0) is 28.8 Å². The third-order valence-electron chi connectivity index (χ3n) is 4.90. The van der Waals surface area contributed by atoms with E-state index in [2.05, 4.69) is 16.0 Å². The van der Waals surface area contributed by atoms with Crippen molar-refractivity contribution in [2.75, 3.05) is 6.54 Å². The number of carboxylic acid groups (broad SMARTS) is 2. The molecule has 14 heteroatoms. The van der Waals surface area contributed by atoms with Gasteiger partial charge in [0.15, 0.2) is 0 Å². The summed E-state index contributed by atoms with van der Waals surface area (Å²) in [5.41, 5.74) is 16.4. The van der Waals surface area contributed by atoms with Crippen molar-refractivity contribution in [1.29, 1.82) is 0 Å². The number of hydrogen-bond donors (Lipinski definition) is 8. The minimum atomic E-state index is -1.50. The van der Waals surface area contributed by atoms with E-state index >= 15 is 0 Å². The molecule has 0 saturated carbocycles. The van der Waals surface area contributed by atoms with Gasteiger partial charge in [-0.05, 0) is 38.1 Å². The number of carboxylic acids is 2. The van der Waals surface area contributed by atoms with E-state index in [1.165, 1.54) is 0 Å². The van der Waals surface area contributed by atoms with Crippen LogP contribution in [0.15, 0.2) is 0 Å². The summed E-state index contributed by atoms with van der Waals surface area (Å²) in [6.45, 7) is 3.69. The molecule has 0 saturated heterocycles. The number of nitrogens with one attached hydrogen (secondary N) is 3. The lowest BCUT2D eigenvalue weighted by Gasteiger charge is -2.25. The molecule has 4 amide bonds. The maximum atomic E-state index is 12.8. The first kappa shape index (κ1) is 30.7. The van der Waals surface area contributed by atoms with Gasteiger partial charge in [-0.15, -0.1) is 0 Å². The molecule has 0 spiro atoms. The molecule has 0 aliphatic heterocycles. The van der Waals surface area contributed by atoms with E-state index in [0.717, 1.165) is 0 Å². The zero-order valence-electron chi connectivity index (χ0n) is 19.4. The second-order valence-electron chi connectivity index (χ2n) is 8.18. The minimum absolute atomic E-state index is 0.0722. The maximum Gasteiger partial charge on any atom is 0.326 e. The van der Waals surface area contributed by atoms with E-state index in [4.69, 9.17) is 22.3 Å². The van der Waals surface area contributed by atoms with Gasteiger partial charge in [-0.3, -0.25) is 24.0 Å². The number of hydrogen-bond acceptors (Lipinski definition) is 8. The smallest absolute Gasteiger partial charge is 0.326 e. The van der Waals surface area contributed by atoms with E-state index < -0.39 is 72.6 Å². The normalized spacial score (nSPS) is 14.4. The van der Waals surface area contributed by atoms with Gasteiger partial charge in [0.05, 0.1) is 12.5 Å². The Morgan fingerprint density at radius 3 is 1.79 bits per heavy atom. The molecular weight excluding hydrogens is 452 g/mol. The van der Waals surface area contributed by atoms with Crippen LogP contribution < -0.4 is 33.2 Å². The fourth-order valence-electron chi connectivity index (χ4n) is 2.81. The highest BCUT2D eigenvalue weighted by Gasteiger charge is 2.31. The lowest BCUT2D eigenvalue weighted by molar-refractivity contribution is -0.143. The Kier molecular flexibility index (Phi) is 14.1. The van der Waals surface area contributed by atoms with Gasteiger partial charge in [-0.25, -0.2) is 4.79 Å². The molecule has 0 aromatic rings. The molecule has 0 heterocycles. The molecule has 11 N–H and O–H groups in total. The van der Waals surface area contributed by atoms with Crippen molar-refractivity contribution in [1.82, 2.24) is 16.0 Å². The van der Waals surface area contributed by atoms with E-state index in [0.29, 0.717) is 19.4 Å². The Labute approximate surface area is 197 Å². The fourth-order valence-corrected chi connectivity index (χ4v) is 2.81. The Morgan fingerprint density at radius 2 is 1.32 bits per heavy atom. The molecule has 0 aliphatic rings. The third-order valence-corrected chi connectivity index (χ3v) is 4.90. The summed E-state index contributed by atoms with van der Waals surface area (Å²) in [5.74, 6) is -6.28. The van der Waals surface area contributed by atoms with Gasteiger partial charge in [0.1, 0.15) is 18.1 Å². The standard InChI is InChI=1S/C20H36N6O8/c1-10(2)16(23)19(32)26-13(9-14(22)27)18(31)24-11(5-3-4-8-21)17(30)25-12(20(33)34)6-7-15(28)29/h10-13,16H,3-9,21,23H2,1-2H3,(H2,22,27)(H,24,31)(H,25,30)(H,26,32)(H,28,29)(H,33,34). The molecular formula is C20H36N6O8. The summed E-state index contributed by atoms with van der Waals surface area (Å²) >= 11 is 0. The zero-order valence-corrected chi connectivity index (χ0v) is 19.4. The molecule has 0 aromatic carbocycles. The van der Waals surface area contributed by atoms with E-state index in [1.54, 1.807) is 13.8 Å². The summed E-state index contributed by atoms with van der Waals surface area (Å²) in [6.07, 6.45) is -0.450. The number of rotatable bonds is 17. The summed E-state index contributed by atoms with van der Waals surface area (Å²) in [6, 6.07) is -5.11. The number of nitrogens with two attached hydrogens (primary N) is 3. The first-order valence-electron chi connectivity index (χ1n) is 10.9. The van der Waals surface area contributed by atoms with Crippen molar-refractivity contribution < 1.29 is 39.0 Å². The number of carbonyl (C=O) groups is 6. The van der Waals surface area contributed by atoms with Gasteiger partial charge in [0.2, 0.25) is 23.6 Å². The van der Waals surface area contributed by atoms with Gasteiger partial charge in [-0.1, -0.05) is 13.8 Å². The largest absolute Gasteiger partial charge is 0.481 e. The molecule has 14 nitrogen and oxygen atoms in total. The number of primary amides is 1. The third kappa shape index (κ3) is 12.1. The molecule has 194 valence electrons. The van der Waals surface area contributed by atoms with E-state index in [1.807, 2.05) is 0 Å². The molecule has 4 atom stereocenters. The maximum absolute atomic E-state index is 12.8. The molecule has 0 bridgehead atoms. The molecule has 0 aliphatic carbocycles. The monoisotopic (exact) mass is 488 g/mol. The van der Waals surface area contributed by atoms with Crippen LogP contribution in [0.2, 0.25) is 0 Å². The average Bonchev–Trinajstić information content (AvgIpc) is 2.73. The van der Waals surface area contributed by atoms with Crippen LogP contribution in [0.5, 0.6) is 0 Å². The SMILES string of the molecule is CC(C)C(N)C(=O)NC(CC(N)=O)C(=O)NC(CCCCN)C(=O)NC(CCC(=O)O)C(=O)O. The second kappa shape index (κ2) is 15.6. The molecule has 34 heavy (non-hydrogen) atoms. The summed E-state index contributed by atoms with van der Waals surface area (Å²) in [5, 5.41) is 25.0. The van der Waals surface area contributed by atoms with E-state index in [-0.39, 0.29) is 18.8 Å². The van der Waals surface area contributed by atoms with Gasteiger partial charge < -0.3 is 43.4 Å². The quantitative estimate of drug-likeness (QED) is 0.0988. The molecule has 4 unspecified atom stereocenters. The summed E-state index contributed by atoms with van der Waals surface area (Å²) < 4.78 is 0. The van der Waals surface area contributed by atoms with Crippen molar-refractivity contribution in [2.24, 2.45) is 23.1 Å². The van der Waals surface area contributed by atoms with Gasteiger partial charge >= 0.3 is 11.9 Å². The Balaban J connectivity index is 5.55. The Bertz CT molecular complexity index is 745. The number of unbranched alkanes of at least 4 members (excludes halogenated alkanes) is 1. The summed E-state index contributed by atoms with van der Waals surface area (Å²) in [4.78, 5) is 71.4. The lowest BCUT2D eigenvalue weighted by atomic mass is 10.0. The van der Waals surface area contributed by atoms with Crippen LogP contribution in [-0.4, -0.2) is 76.5 Å². The molecule has 0 aromatic heterocycles. The predicted molar refractivity (Wildman–Crippen MR) is 120 cm³/mol. The molecule has 0 fully saturated rings. The van der Waals surface area contributed by atoms with Crippen molar-refractivity contribution in [2.45, 2.75) is 76.5 Å². The van der Waals surface area contributed by atoms with Crippen LogP contribution in [0.4, 0.5) is 0 Å². The summed E-state index contributed by atoms with van der Waals surface area (Å²) in [7, 11) is 0. The number of carbonyl (C=O) groups excluding carboxylic acids is 4. The van der Waals surface area contributed by atoms with Crippen LogP contribution in [0.1, 0.15) is 52.4 Å². The average molecular weight is 489 g/mol. The van der Waals surface area contributed by atoms with Crippen molar-refractivity contribution in [3.05, 3.63) is 0 Å². The van der Waals surface area contributed by atoms with Crippen LogP contribution >= 0.6 is 0 Å². The first-order chi connectivity index (χ1) is 15.8. The highest BCUT2D eigenvalue weighted by molar-refractivity contribution is 5.96. The highest BCUT2D eigenvalue weighted by atomic mass is 16.4. The van der Waals surface area contributed by atoms with Crippen LogP contribution in [0.3, 0.4) is 0 Å². The Hall–Kier alpha value is -3.26. The molecule has 0 rings (SSSR count). The lowest BCUT2D eigenvalue weighted by Crippen LogP contribution is -2.58. The van der Waals surface area contributed by atoms with Crippen molar-refractivity contribution >= 4 is 35.6 Å². The number of aliphatic carboxylic acids is 2. The van der Waals surface area contributed by atoms with Crippen molar-refractivity contribution in [3.8, 4) is 0 Å². The van der Waals surface area contributed by atoms with Gasteiger partial charge in [-0.2, -0.15) is 0 Å².